The Bertz CT molecular complexity index is 1410. The normalized spacial score (nSPS) is 11.5. The summed E-state index contributed by atoms with van der Waals surface area (Å²) < 4.78 is 38.2. The average molecular weight is 527 g/mol. The summed E-state index contributed by atoms with van der Waals surface area (Å²) in [6, 6.07) is 17.8. The first kappa shape index (κ1) is 27.1. The van der Waals surface area contributed by atoms with E-state index in [-0.39, 0.29) is 10.6 Å². The van der Waals surface area contributed by atoms with Gasteiger partial charge in [-0.15, -0.1) is 0 Å². The van der Waals surface area contributed by atoms with Crippen LogP contribution in [-0.2, 0) is 14.8 Å². The molecule has 194 valence electrons. The van der Waals surface area contributed by atoms with E-state index in [0.717, 1.165) is 0 Å². The third-order valence-electron chi connectivity index (χ3n) is 5.33. The Morgan fingerprint density at radius 3 is 2.27 bits per heavy atom. The van der Waals surface area contributed by atoms with E-state index >= 15 is 0 Å². The molecule has 0 aromatic heterocycles. The van der Waals surface area contributed by atoms with E-state index in [1.165, 1.54) is 62.8 Å². The zero-order valence-electron chi connectivity index (χ0n) is 20.5. The molecule has 3 aromatic carbocycles. The number of carbonyl (C=O) groups excluding carboxylic acids is 1. The summed E-state index contributed by atoms with van der Waals surface area (Å²) in [5, 5.41) is 15.8. The number of anilines is 1. The number of hydrogen-bond acceptors (Lipinski definition) is 8. The summed E-state index contributed by atoms with van der Waals surface area (Å²) >= 11 is 0. The fraction of sp³-hybridized carbons (Fsp3) is 0.200. The lowest BCUT2D eigenvalue weighted by molar-refractivity contribution is -0.384. The van der Waals surface area contributed by atoms with E-state index in [2.05, 4.69) is 10.5 Å². The van der Waals surface area contributed by atoms with Crippen LogP contribution in [0.3, 0.4) is 0 Å². The summed E-state index contributed by atoms with van der Waals surface area (Å²) in [4.78, 5) is 23.7. The second-order valence-corrected chi connectivity index (χ2v) is 9.45. The maximum Gasteiger partial charge on any atom is 0.293 e. The molecule has 0 fully saturated rings. The van der Waals surface area contributed by atoms with Gasteiger partial charge < -0.3 is 9.47 Å². The summed E-state index contributed by atoms with van der Waals surface area (Å²) in [5.41, 5.74) is 2.82. The Kier molecular flexibility index (Phi) is 8.80. The molecule has 0 aliphatic heterocycles. The van der Waals surface area contributed by atoms with Crippen LogP contribution < -0.4 is 19.2 Å². The Morgan fingerprint density at radius 1 is 1.00 bits per heavy atom. The number of hydrazone groups is 1. The number of amides is 1. The van der Waals surface area contributed by atoms with E-state index in [4.69, 9.17) is 9.47 Å². The number of nitro groups is 1. The zero-order chi connectivity index (χ0) is 27.0. The molecule has 3 aromatic rings. The molecule has 0 aliphatic rings. The topological polar surface area (TPSA) is 140 Å². The quantitative estimate of drug-likeness (QED) is 0.228. The summed E-state index contributed by atoms with van der Waals surface area (Å²) in [6.45, 7) is 1.09. The Morgan fingerprint density at radius 2 is 1.65 bits per heavy atom. The molecule has 0 bridgehead atoms. The number of methoxy groups -OCH3 is 2. The molecule has 3 rings (SSSR count). The molecule has 0 atom stereocenters. The Balaban J connectivity index is 1.95. The smallest absolute Gasteiger partial charge is 0.293 e. The van der Waals surface area contributed by atoms with Crippen molar-refractivity contribution in [2.24, 2.45) is 5.10 Å². The molecule has 11 nitrogen and oxygen atoms in total. The van der Waals surface area contributed by atoms with Crippen molar-refractivity contribution < 1.29 is 27.6 Å². The van der Waals surface area contributed by atoms with Gasteiger partial charge in [-0.25, -0.2) is 18.1 Å². The van der Waals surface area contributed by atoms with Gasteiger partial charge in [0.15, 0.2) is 11.5 Å². The molecule has 0 saturated heterocycles. The number of para-hydroxylation sites is 2. The number of nitrogens with one attached hydrogen (secondary N) is 1. The molecule has 1 N–H and O–H groups in total. The lowest BCUT2D eigenvalue weighted by Gasteiger charge is -2.23. The van der Waals surface area contributed by atoms with Crippen LogP contribution in [0.4, 0.5) is 11.4 Å². The van der Waals surface area contributed by atoms with Crippen LogP contribution in [0.5, 0.6) is 11.5 Å². The van der Waals surface area contributed by atoms with Crippen molar-refractivity contribution in [3.8, 4) is 11.5 Å². The maximum atomic E-state index is 13.5. The van der Waals surface area contributed by atoms with Crippen LogP contribution in [0.2, 0.25) is 0 Å². The predicted molar refractivity (Wildman–Crippen MR) is 139 cm³/mol. The van der Waals surface area contributed by atoms with Gasteiger partial charge >= 0.3 is 0 Å². The third kappa shape index (κ3) is 6.22. The van der Waals surface area contributed by atoms with Gasteiger partial charge in [0.25, 0.3) is 21.6 Å². The minimum Gasteiger partial charge on any atom is -0.493 e. The number of hydrogen-bond donors (Lipinski definition) is 1. The maximum absolute atomic E-state index is 13.5. The Hall–Kier alpha value is -4.45. The fourth-order valence-corrected chi connectivity index (χ4v) is 4.96. The van der Waals surface area contributed by atoms with Gasteiger partial charge in [-0.1, -0.05) is 37.3 Å². The highest BCUT2D eigenvalue weighted by atomic mass is 32.2. The first-order chi connectivity index (χ1) is 17.7. The van der Waals surface area contributed by atoms with Crippen molar-refractivity contribution in [3.05, 3.63) is 88.5 Å². The summed E-state index contributed by atoms with van der Waals surface area (Å²) in [6.07, 6.45) is 0.436. The van der Waals surface area contributed by atoms with Crippen LogP contribution in [0.25, 0.3) is 0 Å². The molecule has 12 heteroatoms. The van der Waals surface area contributed by atoms with Crippen LogP contribution in [0, 0.1) is 10.1 Å². The third-order valence-corrected chi connectivity index (χ3v) is 7.11. The number of benzene rings is 3. The minimum absolute atomic E-state index is 0.121. The first-order valence-electron chi connectivity index (χ1n) is 11.1. The van der Waals surface area contributed by atoms with E-state index in [1.807, 2.05) is 6.92 Å². The van der Waals surface area contributed by atoms with Gasteiger partial charge in [-0.2, -0.15) is 5.10 Å². The van der Waals surface area contributed by atoms with E-state index in [9.17, 15) is 23.3 Å². The molecular weight excluding hydrogens is 500 g/mol. The van der Waals surface area contributed by atoms with E-state index < -0.39 is 33.1 Å². The largest absolute Gasteiger partial charge is 0.493 e. The molecule has 0 unspecified atom stereocenters. The molecule has 0 heterocycles. The van der Waals surface area contributed by atoms with Gasteiger partial charge in [0.05, 0.1) is 29.8 Å². The number of nitro benzene ring substituents is 1. The summed E-state index contributed by atoms with van der Waals surface area (Å²) in [7, 11) is -1.32. The minimum atomic E-state index is -4.33. The molecule has 0 saturated carbocycles. The molecule has 1 amide bonds. The molecule has 0 aliphatic carbocycles. The van der Waals surface area contributed by atoms with Crippen LogP contribution in [0.1, 0.15) is 18.9 Å². The lowest BCUT2D eigenvalue weighted by atomic mass is 10.1. The standard InChI is InChI=1S/C25H26N4O7S/c1-4-20(18-14-15-23(35-2)24(16-18)36-3)26-27-25(30)17-28(21-12-8-9-13-22(21)29(31)32)37(33,34)19-10-6-5-7-11-19/h5-16H,4,17H2,1-3H3,(H,27,30)/b26-20-. The first-order valence-corrected chi connectivity index (χ1v) is 12.6. The van der Waals surface area contributed by atoms with Crippen molar-refractivity contribution in [3.63, 3.8) is 0 Å². The highest BCUT2D eigenvalue weighted by Crippen LogP contribution is 2.32. The van der Waals surface area contributed by atoms with Gasteiger partial charge in [-0.3, -0.25) is 14.9 Å². The highest BCUT2D eigenvalue weighted by molar-refractivity contribution is 7.92. The zero-order valence-corrected chi connectivity index (χ0v) is 21.3. The van der Waals surface area contributed by atoms with E-state index in [0.29, 0.717) is 33.5 Å². The number of carbonyl (C=O) groups is 1. The molecule has 37 heavy (non-hydrogen) atoms. The predicted octanol–water partition coefficient (Wildman–Crippen LogP) is 3.74. The second-order valence-electron chi connectivity index (χ2n) is 7.59. The number of sulfonamides is 1. The fourth-order valence-electron chi connectivity index (χ4n) is 3.51. The number of ether oxygens (including phenoxy) is 2. The van der Waals surface area contributed by atoms with Crippen LogP contribution in [0.15, 0.2) is 82.8 Å². The lowest BCUT2D eigenvalue weighted by Crippen LogP contribution is -2.40. The highest BCUT2D eigenvalue weighted by Gasteiger charge is 2.31. The van der Waals surface area contributed by atoms with Crippen molar-refractivity contribution in [2.75, 3.05) is 25.1 Å². The van der Waals surface area contributed by atoms with Gasteiger partial charge in [-0.05, 0) is 42.8 Å². The Labute approximate surface area is 214 Å². The SMILES string of the molecule is CC/C(=N/NC(=O)CN(c1ccccc1[N+](=O)[O-])S(=O)(=O)c1ccccc1)c1ccc(OC)c(OC)c1. The van der Waals surface area contributed by atoms with Gasteiger partial charge in [0, 0.05) is 11.6 Å². The monoisotopic (exact) mass is 526 g/mol. The van der Waals surface area contributed by atoms with Crippen LogP contribution >= 0.6 is 0 Å². The van der Waals surface area contributed by atoms with Crippen molar-refractivity contribution in [1.29, 1.82) is 0 Å². The molecule has 0 spiro atoms. The van der Waals surface area contributed by atoms with Crippen LogP contribution in [-0.4, -0.2) is 45.7 Å². The van der Waals surface area contributed by atoms with E-state index in [1.54, 1.807) is 24.3 Å². The second kappa shape index (κ2) is 12.0. The summed E-state index contributed by atoms with van der Waals surface area (Å²) in [5.74, 6) is 0.213. The average Bonchev–Trinajstić information content (AvgIpc) is 2.92. The molecule has 0 radical (unpaired) electrons. The number of nitrogens with zero attached hydrogens (tertiary/aromatic N) is 3. The molecular formula is C25H26N4O7S. The van der Waals surface area contributed by atoms with Gasteiger partial charge in [0.2, 0.25) is 0 Å². The van der Waals surface area contributed by atoms with Crippen molar-refractivity contribution >= 4 is 33.0 Å². The van der Waals surface area contributed by atoms with Crippen molar-refractivity contribution in [2.45, 2.75) is 18.2 Å². The van der Waals surface area contributed by atoms with Gasteiger partial charge in [0.1, 0.15) is 12.2 Å². The van der Waals surface area contributed by atoms with Crippen molar-refractivity contribution in [1.82, 2.24) is 5.43 Å². The number of rotatable bonds is 11.